The van der Waals surface area contributed by atoms with Crippen LogP contribution in [0.5, 0.6) is 11.6 Å². The Morgan fingerprint density at radius 1 is 1.03 bits per heavy atom. The average molecular weight is 405 g/mol. The van der Waals surface area contributed by atoms with E-state index in [1.54, 1.807) is 42.5 Å². The molecule has 3 aromatic rings. The van der Waals surface area contributed by atoms with Gasteiger partial charge in [0.2, 0.25) is 5.88 Å². The molecule has 0 N–H and O–H groups in total. The zero-order valence-corrected chi connectivity index (χ0v) is 16.9. The summed E-state index contributed by atoms with van der Waals surface area (Å²) in [4.78, 5) is 23.1. The summed E-state index contributed by atoms with van der Waals surface area (Å²) >= 11 is 0. The van der Waals surface area contributed by atoms with E-state index >= 15 is 0 Å². The van der Waals surface area contributed by atoms with E-state index in [0.29, 0.717) is 34.5 Å². The fourth-order valence-electron chi connectivity index (χ4n) is 3.85. The van der Waals surface area contributed by atoms with Gasteiger partial charge in [-0.2, -0.15) is 0 Å². The third-order valence-electron chi connectivity index (χ3n) is 5.51. The number of benzene rings is 2. The molecule has 1 amide bonds. The summed E-state index contributed by atoms with van der Waals surface area (Å²) in [6.07, 6.45) is 7.09. The molecule has 0 atom stereocenters. The third kappa shape index (κ3) is 4.64. The first-order valence-electron chi connectivity index (χ1n) is 10.2. The molecular formula is C24H24FN3O2. The van der Waals surface area contributed by atoms with Crippen LogP contribution < -0.4 is 4.74 Å². The van der Waals surface area contributed by atoms with Gasteiger partial charge in [-0.1, -0.05) is 37.5 Å². The van der Waals surface area contributed by atoms with Gasteiger partial charge in [0, 0.05) is 30.3 Å². The predicted molar refractivity (Wildman–Crippen MR) is 113 cm³/mol. The summed E-state index contributed by atoms with van der Waals surface area (Å²) in [5.74, 6) is 0.508. The van der Waals surface area contributed by atoms with Crippen LogP contribution in [0.2, 0.25) is 0 Å². The van der Waals surface area contributed by atoms with E-state index in [4.69, 9.17) is 4.74 Å². The molecule has 5 nitrogen and oxygen atoms in total. The molecule has 154 valence electrons. The van der Waals surface area contributed by atoms with Gasteiger partial charge < -0.3 is 9.64 Å². The van der Waals surface area contributed by atoms with Gasteiger partial charge >= 0.3 is 0 Å². The summed E-state index contributed by atoms with van der Waals surface area (Å²) in [7, 11) is 1.88. The number of aromatic nitrogens is 2. The Morgan fingerprint density at radius 3 is 2.63 bits per heavy atom. The summed E-state index contributed by atoms with van der Waals surface area (Å²) in [5.41, 5.74) is 1.78. The van der Waals surface area contributed by atoms with Crippen molar-refractivity contribution in [3.8, 4) is 22.9 Å². The van der Waals surface area contributed by atoms with Crippen LogP contribution in [-0.4, -0.2) is 33.9 Å². The Balaban J connectivity index is 1.51. The number of nitrogens with zero attached hydrogens (tertiary/aromatic N) is 3. The molecule has 4 rings (SSSR count). The second kappa shape index (κ2) is 9.03. The second-order valence-electron chi connectivity index (χ2n) is 7.59. The van der Waals surface area contributed by atoms with Crippen molar-refractivity contribution >= 4 is 5.91 Å². The molecule has 1 heterocycles. The van der Waals surface area contributed by atoms with Crippen molar-refractivity contribution in [2.75, 3.05) is 7.05 Å². The largest absolute Gasteiger partial charge is 0.439 e. The van der Waals surface area contributed by atoms with Crippen LogP contribution in [-0.2, 0) is 0 Å². The molecule has 6 heteroatoms. The zero-order valence-electron chi connectivity index (χ0n) is 16.9. The lowest BCUT2D eigenvalue weighted by molar-refractivity contribution is 0.0696. The highest BCUT2D eigenvalue weighted by Crippen LogP contribution is 2.27. The summed E-state index contributed by atoms with van der Waals surface area (Å²) in [6, 6.07) is 15.2. The Kier molecular flexibility index (Phi) is 6.02. The lowest BCUT2D eigenvalue weighted by Crippen LogP contribution is -2.38. The number of hydrogen-bond acceptors (Lipinski definition) is 4. The summed E-state index contributed by atoms with van der Waals surface area (Å²) < 4.78 is 19.4. The minimum absolute atomic E-state index is 0.00418. The molecule has 0 bridgehead atoms. The van der Waals surface area contributed by atoms with Gasteiger partial charge in [0.15, 0.2) is 0 Å². The topological polar surface area (TPSA) is 55.3 Å². The quantitative estimate of drug-likeness (QED) is 0.564. The third-order valence-corrected chi connectivity index (χ3v) is 5.51. The van der Waals surface area contributed by atoms with Crippen LogP contribution in [0.1, 0.15) is 42.5 Å². The van der Waals surface area contributed by atoms with Crippen molar-refractivity contribution in [1.82, 2.24) is 14.9 Å². The van der Waals surface area contributed by atoms with E-state index in [0.717, 1.165) is 12.8 Å². The number of carbonyl (C=O) groups excluding carboxylic acids is 1. The molecule has 0 aliphatic heterocycles. The highest BCUT2D eigenvalue weighted by Gasteiger charge is 2.23. The first kappa shape index (κ1) is 20.0. The van der Waals surface area contributed by atoms with Crippen LogP contribution in [0.25, 0.3) is 11.3 Å². The maximum Gasteiger partial charge on any atom is 0.253 e. The van der Waals surface area contributed by atoms with Crippen molar-refractivity contribution in [3.05, 3.63) is 72.3 Å². The number of hydrogen-bond donors (Lipinski definition) is 0. The van der Waals surface area contributed by atoms with Crippen LogP contribution in [0.4, 0.5) is 4.39 Å². The summed E-state index contributed by atoms with van der Waals surface area (Å²) in [6.45, 7) is 0. The van der Waals surface area contributed by atoms with Crippen molar-refractivity contribution in [2.45, 2.75) is 38.1 Å². The summed E-state index contributed by atoms with van der Waals surface area (Å²) in [5, 5.41) is 0. The van der Waals surface area contributed by atoms with E-state index in [9.17, 15) is 9.18 Å². The molecule has 1 aromatic heterocycles. The molecule has 0 spiro atoms. The Morgan fingerprint density at radius 2 is 1.83 bits per heavy atom. The molecule has 1 saturated carbocycles. The molecule has 1 aliphatic rings. The fraction of sp³-hybridized carbons (Fsp3) is 0.292. The Labute approximate surface area is 175 Å². The minimum Gasteiger partial charge on any atom is -0.439 e. The second-order valence-corrected chi connectivity index (χ2v) is 7.59. The predicted octanol–water partition coefficient (Wildman–Crippen LogP) is 5.48. The molecular weight excluding hydrogens is 381 g/mol. The maximum atomic E-state index is 13.5. The van der Waals surface area contributed by atoms with Crippen LogP contribution in [0, 0.1) is 5.82 Å². The van der Waals surface area contributed by atoms with Gasteiger partial charge in [-0.25, -0.2) is 14.4 Å². The Hall–Kier alpha value is -3.28. The normalized spacial score (nSPS) is 14.3. The van der Waals surface area contributed by atoms with E-state index < -0.39 is 0 Å². The number of ether oxygens (including phenoxy) is 1. The first-order valence-corrected chi connectivity index (χ1v) is 10.2. The van der Waals surface area contributed by atoms with Gasteiger partial charge in [0.05, 0.1) is 5.69 Å². The number of amides is 1. The molecule has 2 aromatic carbocycles. The molecule has 1 aliphatic carbocycles. The SMILES string of the molecule is CN(C(=O)c1cccc(Oc2cc(-c3cccc(F)c3)ncn2)c1)C1CCCCC1. The zero-order chi connectivity index (χ0) is 20.9. The highest BCUT2D eigenvalue weighted by atomic mass is 19.1. The van der Waals surface area contributed by atoms with Gasteiger partial charge in [0.1, 0.15) is 17.9 Å². The van der Waals surface area contributed by atoms with E-state index in [1.807, 2.05) is 11.9 Å². The number of halogens is 1. The highest BCUT2D eigenvalue weighted by molar-refractivity contribution is 5.94. The molecule has 0 saturated heterocycles. The van der Waals surface area contributed by atoms with Crippen LogP contribution in [0.15, 0.2) is 60.9 Å². The van der Waals surface area contributed by atoms with Crippen molar-refractivity contribution in [2.24, 2.45) is 0 Å². The van der Waals surface area contributed by atoms with Crippen molar-refractivity contribution in [3.63, 3.8) is 0 Å². The Bertz CT molecular complexity index is 1030. The molecule has 30 heavy (non-hydrogen) atoms. The standard InChI is InChI=1S/C24H24FN3O2/c1-28(20-10-3-2-4-11-20)24(29)18-8-6-12-21(14-18)30-23-15-22(26-16-27-23)17-7-5-9-19(25)13-17/h5-9,12-16,20H,2-4,10-11H2,1H3. The van der Waals surface area contributed by atoms with Gasteiger partial charge in [0.25, 0.3) is 5.91 Å². The maximum absolute atomic E-state index is 13.5. The molecule has 0 unspecified atom stereocenters. The first-order chi connectivity index (χ1) is 14.6. The fourth-order valence-corrected chi connectivity index (χ4v) is 3.85. The number of rotatable bonds is 5. The van der Waals surface area contributed by atoms with Gasteiger partial charge in [-0.3, -0.25) is 4.79 Å². The lowest BCUT2D eigenvalue weighted by Gasteiger charge is -2.31. The van der Waals surface area contributed by atoms with E-state index in [-0.39, 0.29) is 11.7 Å². The molecule has 1 fully saturated rings. The van der Waals surface area contributed by atoms with E-state index in [1.165, 1.54) is 37.7 Å². The lowest BCUT2D eigenvalue weighted by atomic mass is 9.94. The van der Waals surface area contributed by atoms with Crippen LogP contribution >= 0.6 is 0 Å². The molecule has 0 radical (unpaired) electrons. The monoisotopic (exact) mass is 405 g/mol. The number of carbonyl (C=O) groups is 1. The van der Waals surface area contributed by atoms with Gasteiger partial charge in [-0.05, 0) is 43.2 Å². The minimum atomic E-state index is -0.332. The smallest absolute Gasteiger partial charge is 0.253 e. The van der Waals surface area contributed by atoms with Crippen LogP contribution in [0.3, 0.4) is 0 Å². The van der Waals surface area contributed by atoms with Crippen molar-refractivity contribution < 1.29 is 13.9 Å². The average Bonchev–Trinajstić information content (AvgIpc) is 2.79. The van der Waals surface area contributed by atoms with E-state index in [2.05, 4.69) is 9.97 Å². The van der Waals surface area contributed by atoms with Gasteiger partial charge in [-0.15, -0.1) is 0 Å². The van der Waals surface area contributed by atoms with Crippen molar-refractivity contribution in [1.29, 1.82) is 0 Å².